The van der Waals surface area contributed by atoms with Gasteiger partial charge >= 0.3 is 5.97 Å². The Morgan fingerprint density at radius 1 is 1.36 bits per heavy atom. The van der Waals surface area contributed by atoms with E-state index in [9.17, 15) is 9.59 Å². The molecule has 0 bridgehead atoms. The number of carbonyl (C=O) groups excluding carboxylic acids is 2. The number of nitrogens with one attached hydrogen (secondary N) is 1. The Kier molecular flexibility index (Phi) is 4.93. The van der Waals surface area contributed by atoms with Gasteiger partial charge in [-0.2, -0.15) is 0 Å². The maximum Gasteiger partial charge on any atom is 0.326 e. The van der Waals surface area contributed by atoms with Gasteiger partial charge in [-0.25, -0.2) is 4.98 Å². The molecule has 2 rings (SSSR count). The lowest BCUT2D eigenvalue weighted by Crippen LogP contribution is -2.26. The van der Waals surface area contributed by atoms with Crippen LogP contribution in [0.25, 0.3) is 11.0 Å². The summed E-state index contributed by atoms with van der Waals surface area (Å²) in [6.45, 7) is 7.60. The fourth-order valence-corrected chi connectivity index (χ4v) is 2.08. The summed E-state index contributed by atoms with van der Waals surface area (Å²) >= 11 is 0. The number of imidazole rings is 1. The molecule has 0 aliphatic heterocycles. The highest BCUT2D eigenvalue weighted by Gasteiger charge is 2.14. The molecule has 2 aromatic rings. The predicted molar refractivity (Wildman–Crippen MR) is 83.0 cm³/mol. The zero-order chi connectivity index (χ0) is 16.1. The van der Waals surface area contributed by atoms with Crippen molar-refractivity contribution in [1.82, 2.24) is 14.9 Å². The number of aromatic nitrogens is 2. The Bertz CT molecular complexity index is 718. The third-order valence-corrected chi connectivity index (χ3v) is 3.12. The second-order valence-corrected chi connectivity index (χ2v) is 4.87. The van der Waals surface area contributed by atoms with Crippen LogP contribution >= 0.6 is 0 Å². The molecule has 22 heavy (non-hydrogen) atoms. The number of hydrogen-bond donors (Lipinski definition) is 1. The topological polar surface area (TPSA) is 73.2 Å². The minimum absolute atomic E-state index is 0.0621. The van der Waals surface area contributed by atoms with Crippen LogP contribution in [-0.2, 0) is 27.4 Å². The third kappa shape index (κ3) is 3.52. The monoisotopic (exact) mass is 301 g/mol. The first kappa shape index (κ1) is 15.8. The highest BCUT2D eigenvalue weighted by Crippen LogP contribution is 2.16. The van der Waals surface area contributed by atoms with Crippen LogP contribution < -0.4 is 5.32 Å². The summed E-state index contributed by atoms with van der Waals surface area (Å²) in [5.41, 5.74) is 2.02. The van der Waals surface area contributed by atoms with Gasteiger partial charge in [-0.15, -0.1) is 0 Å². The Labute approximate surface area is 128 Å². The Balaban J connectivity index is 2.29. The van der Waals surface area contributed by atoms with E-state index >= 15 is 0 Å². The van der Waals surface area contributed by atoms with E-state index in [-0.39, 0.29) is 25.0 Å². The Morgan fingerprint density at radius 3 is 2.77 bits per heavy atom. The number of amides is 1. The van der Waals surface area contributed by atoms with Crippen molar-refractivity contribution in [3.8, 4) is 0 Å². The molecule has 0 aliphatic rings. The zero-order valence-corrected chi connectivity index (χ0v) is 12.8. The van der Waals surface area contributed by atoms with E-state index in [0.717, 1.165) is 11.0 Å². The Morgan fingerprint density at radius 2 is 2.09 bits per heavy atom. The molecule has 0 radical (unpaired) electrons. The Hall–Kier alpha value is -2.63. The summed E-state index contributed by atoms with van der Waals surface area (Å²) in [4.78, 5) is 27.9. The van der Waals surface area contributed by atoms with Crippen molar-refractivity contribution >= 4 is 22.9 Å². The molecule has 0 atom stereocenters. The fraction of sp³-hybridized carbons (Fsp3) is 0.312. The molecule has 116 valence electrons. The van der Waals surface area contributed by atoms with Crippen LogP contribution in [0.1, 0.15) is 19.7 Å². The third-order valence-electron chi connectivity index (χ3n) is 3.12. The van der Waals surface area contributed by atoms with E-state index in [4.69, 9.17) is 4.74 Å². The first-order chi connectivity index (χ1) is 10.5. The lowest BCUT2D eigenvalue weighted by Gasteiger charge is -2.09. The van der Waals surface area contributed by atoms with E-state index in [1.165, 1.54) is 0 Å². The summed E-state index contributed by atoms with van der Waals surface area (Å²) in [5.74, 6) is 0.0247. The number of esters is 1. The molecule has 1 aromatic heterocycles. The molecule has 1 amide bonds. The van der Waals surface area contributed by atoms with Crippen LogP contribution in [0.15, 0.2) is 36.4 Å². The normalized spacial score (nSPS) is 10.5. The van der Waals surface area contributed by atoms with Gasteiger partial charge < -0.3 is 14.6 Å². The standard InChI is InChI=1S/C16H19N3O3/c1-4-22-15(20)10-19-13-8-6-5-7-12(13)18-14(19)9-17-16(21)11(2)3/h5-8H,2,4,9-10H2,1,3H3,(H,17,21). The van der Waals surface area contributed by atoms with Crippen LogP contribution in [-0.4, -0.2) is 28.0 Å². The van der Waals surface area contributed by atoms with Gasteiger partial charge in [0, 0.05) is 5.57 Å². The van der Waals surface area contributed by atoms with E-state index in [1.807, 2.05) is 24.3 Å². The minimum atomic E-state index is -0.335. The lowest BCUT2D eigenvalue weighted by atomic mass is 10.3. The highest BCUT2D eigenvalue weighted by atomic mass is 16.5. The van der Waals surface area contributed by atoms with E-state index < -0.39 is 0 Å². The number of fused-ring (bicyclic) bond motifs is 1. The van der Waals surface area contributed by atoms with Crippen molar-refractivity contribution < 1.29 is 14.3 Å². The molecule has 0 aliphatic carbocycles. The SMILES string of the molecule is C=C(C)C(=O)NCc1nc2ccccc2n1CC(=O)OCC. The molecule has 6 nitrogen and oxygen atoms in total. The summed E-state index contributed by atoms with van der Waals surface area (Å²) in [6, 6.07) is 7.49. The quantitative estimate of drug-likeness (QED) is 0.652. The maximum absolute atomic E-state index is 11.8. The lowest BCUT2D eigenvalue weighted by molar-refractivity contribution is -0.143. The second-order valence-electron chi connectivity index (χ2n) is 4.87. The summed E-state index contributed by atoms with van der Waals surface area (Å²) in [5, 5.41) is 2.73. The number of rotatable bonds is 6. The first-order valence-corrected chi connectivity index (χ1v) is 7.06. The molecule has 0 unspecified atom stereocenters. The van der Waals surface area contributed by atoms with Gasteiger partial charge in [-0.05, 0) is 26.0 Å². The smallest absolute Gasteiger partial charge is 0.326 e. The number of ether oxygens (including phenoxy) is 1. The van der Waals surface area contributed by atoms with Gasteiger partial charge in [0.05, 0.1) is 24.2 Å². The van der Waals surface area contributed by atoms with Gasteiger partial charge in [-0.3, -0.25) is 9.59 Å². The van der Waals surface area contributed by atoms with E-state index in [2.05, 4.69) is 16.9 Å². The van der Waals surface area contributed by atoms with Crippen LogP contribution in [0.5, 0.6) is 0 Å². The van der Waals surface area contributed by atoms with Crippen LogP contribution in [0.2, 0.25) is 0 Å². The van der Waals surface area contributed by atoms with Gasteiger partial charge in [0.15, 0.2) is 0 Å². The van der Waals surface area contributed by atoms with Crippen molar-refractivity contribution in [2.24, 2.45) is 0 Å². The van der Waals surface area contributed by atoms with Crippen molar-refractivity contribution in [3.05, 3.63) is 42.2 Å². The molecule has 0 saturated heterocycles. The number of carbonyl (C=O) groups is 2. The maximum atomic E-state index is 11.8. The molecule has 1 heterocycles. The number of nitrogens with zero attached hydrogens (tertiary/aromatic N) is 2. The first-order valence-electron chi connectivity index (χ1n) is 7.06. The molecule has 0 saturated carbocycles. The average Bonchev–Trinajstić information content (AvgIpc) is 2.83. The summed E-state index contributed by atoms with van der Waals surface area (Å²) < 4.78 is 6.75. The summed E-state index contributed by atoms with van der Waals surface area (Å²) in [7, 11) is 0. The highest BCUT2D eigenvalue weighted by molar-refractivity contribution is 5.92. The summed E-state index contributed by atoms with van der Waals surface area (Å²) in [6.07, 6.45) is 0. The van der Waals surface area contributed by atoms with Crippen LogP contribution in [0, 0.1) is 0 Å². The minimum Gasteiger partial charge on any atom is -0.465 e. The van der Waals surface area contributed by atoms with Gasteiger partial charge in [-0.1, -0.05) is 18.7 Å². The van der Waals surface area contributed by atoms with Crippen molar-refractivity contribution in [2.75, 3.05) is 6.61 Å². The molecule has 0 fully saturated rings. The number of para-hydroxylation sites is 2. The molecule has 0 spiro atoms. The average molecular weight is 301 g/mol. The zero-order valence-electron chi connectivity index (χ0n) is 12.8. The van der Waals surface area contributed by atoms with Crippen LogP contribution in [0.4, 0.5) is 0 Å². The molecule has 1 N–H and O–H groups in total. The van der Waals surface area contributed by atoms with Crippen molar-refractivity contribution in [2.45, 2.75) is 26.9 Å². The number of benzene rings is 1. The van der Waals surface area contributed by atoms with Crippen molar-refractivity contribution in [1.29, 1.82) is 0 Å². The van der Waals surface area contributed by atoms with E-state index in [1.54, 1.807) is 18.4 Å². The fourth-order valence-electron chi connectivity index (χ4n) is 2.08. The molecule has 1 aromatic carbocycles. The number of hydrogen-bond acceptors (Lipinski definition) is 4. The molecule has 6 heteroatoms. The largest absolute Gasteiger partial charge is 0.465 e. The van der Waals surface area contributed by atoms with Crippen molar-refractivity contribution in [3.63, 3.8) is 0 Å². The van der Waals surface area contributed by atoms with Gasteiger partial charge in [0.1, 0.15) is 12.4 Å². The second kappa shape index (κ2) is 6.89. The predicted octanol–water partition coefficient (Wildman–Crippen LogP) is 1.79. The van der Waals surface area contributed by atoms with Gasteiger partial charge in [0.25, 0.3) is 0 Å². The van der Waals surface area contributed by atoms with Crippen LogP contribution in [0.3, 0.4) is 0 Å². The van der Waals surface area contributed by atoms with Gasteiger partial charge in [0.2, 0.25) is 5.91 Å². The van der Waals surface area contributed by atoms with E-state index in [0.29, 0.717) is 18.0 Å². The molecular formula is C16H19N3O3. The molecular weight excluding hydrogens is 282 g/mol.